The number of pyridine rings is 1. The number of anilines is 1. The van der Waals surface area contributed by atoms with E-state index < -0.39 is 18.5 Å². The Labute approximate surface area is 163 Å². The molecule has 0 aliphatic carbocycles. The minimum Gasteiger partial charge on any atom is -0.455 e. The van der Waals surface area contributed by atoms with Crippen LogP contribution in [-0.2, 0) is 16.0 Å². The summed E-state index contributed by atoms with van der Waals surface area (Å²) >= 11 is 0. The van der Waals surface area contributed by atoms with E-state index in [1.54, 1.807) is 48.8 Å². The van der Waals surface area contributed by atoms with Crippen molar-refractivity contribution in [1.29, 1.82) is 0 Å². The fourth-order valence-electron chi connectivity index (χ4n) is 2.49. The lowest BCUT2D eigenvalue weighted by Crippen LogP contribution is -2.21. The highest BCUT2D eigenvalue weighted by Crippen LogP contribution is 2.25. The van der Waals surface area contributed by atoms with Crippen molar-refractivity contribution < 1.29 is 19.1 Å². The van der Waals surface area contributed by atoms with Crippen LogP contribution in [0.15, 0.2) is 73.1 Å². The molecule has 28 heavy (non-hydrogen) atoms. The fourth-order valence-corrected chi connectivity index (χ4v) is 2.49. The van der Waals surface area contributed by atoms with Crippen LogP contribution in [0.3, 0.4) is 0 Å². The summed E-state index contributed by atoms with van der Waals surface area (Å²) in [5, 5.41) is 2.70. The van der Waals surface area contributed by atoms with Gasteiger partial charge >= 0.3 is 5.97 Å². The van der Waals surface area contributed by atoms with Crippen LogP contribution in [0.1, 0.15) is 22.8 Å². The number of esters is 1. The Morgan fingerprint density at radius 1 is 1.00 bits per heavy atom. The standard InChI is InChI=1S/C22H20N2O4/c1-2-16-9-11-17(12-10-16)24-21(25)15-27-22(26)19-7-3-4-8-20(19)28-18-6-5-13-23-14-18/h3-14H,2,15H2,1H3,(H,24,25). The number of nitrogens with one attached hydrogen (secondary N) is 1. The molecule has 1 aromatic heterocycles. The average molecular weight is 376 g/mol. The van der Waals surface area contributed by atoms with Crippen LogP contribution in [0.2, 0.25) is 0 Å². The number of nitrogens with zero attached hydrogens (tertiary/aromatic N) is 1. The highest BCUT2D eigenvalue weighted by molar-refractivity contribution is 5.96. The van der Waals surface area contributed by atoms with E-state index in [1.165, 1.54) is 5.56 Å². The summed E-state index contributed by atoms with van der Waals surface area (Å²) in [6.07, 6.45) is 4.09. The van der Waals surface area contributed by atoms with Gasteiger partial charge in [-0.2, -0.15) is 0 Å². The lowest BCUT2D eigenvalue weighted by molar-refractivity contribution is -0.119. The first-order chi connectivity index (χ1) is 13.7. The molecule has 142 valence electrons. The van der Waals surface area contributed by atoms with E-state index in [1.807, 2.05) is 24.3 Å². The molecule has 0 aliphatic heterocycles. The fraction of sp³-hybridized carbons (Fsp3) is 0.136. The van der Waals surface area contributed by atoms with Crippen LogP contribution in [-0.4, -0.2) is 23.5 Å². The lowest BCUT2D eigenvalue weighted by Gasteiger charge is -2.11. The minimum atomic E-state index is -0.643. The van der Waals surface area contributed by atoms with Gasteiger partial charge in [0.2, 0.25) is 0 Å². The van der Waals surface area contributed by atoms with E-state index >= 15 is 0 Å². The van der Waals surface area contributed by atoms with Crippen molar-refractivity contribution in [3.8, 4) is 11.5 Å². The quantitative estimate of drug-likeness (QED) is 0.624. The molecule has 0 spiro atoms. The molecular weight excluding hydrogens is 356 g/mol. The maximum Gasteiger partial charge on any atom is 0.342 e. The van der Waals surface area contributed by atoms with Gasteiger partial charge in [0.05, 0.1) is 6.20 Å². The van der Waals surface area contributed by atoms with Crippen LogP contribution < -0.4 is 10.1 Å². The molecule has 0 unspecified atom stereocenters. The molecule has 0 fully saturated rings. The number of aryl methyl sites for hydroxylation is 1. The third kappa shape index (κ3) is 5.17. The normalized spacial score (nSPS) is 10.2. The largest absolute Gasteiger partial charge is 0.455 e. The molecule has 1 amide bonds. The van der Waals surface area contributed by atoms with Crippen molar-refractivity contribution in [2.75, 3.05) is 11.9 Å². The summed E-state index contributed by atoms with van der Waals surface area (Å²) in [6, 6.07) is 17.6. The van der Waals surface area contributed by atoms with Gasteiger partial charge in [0, 0.05) is 11.9 Å². The van der Waals surface area contributed by atoms with Crippen LogP contribution in [0.25, 0.3) is 0 Å². The van der Waals surface area contributed by atoms with Crippen LogP contribution >= 0.6 is 0 Å². The molecule has 0 saturated heterocycles. The van der Waals surface area contributed by atoms with E-state index in [4.69, 9.17) is 9.47 Å². The zero-order chi connectivity index (χ0) is 19.8. The minimum absolute atomic E-state index is 0.228. The molecule has 2 aromatic carbocycles. The number of aromatic nitrogens is 1. The SMILES string of the molecule is CCc1ccc(NC(=O)COC(=O)c2ccccc2Oc2cccnc2)cc1. The van der Waals surface area contributed by atoms with Gasteiger partial charge in [0.15, 0.2) is 6.61 Å². The van der Waals surface area contributed by atoms with Gasteiger partial charge in [-0.1, -0.05) is 31.2 Å². The molecule has 6 heteroatoms. The van der Waals surface area contributed by atoms with Crippen molar-refractivity contribution >= 4 is 17.6 Å². The Bertz CT molecular complexity index is 940. The Kier molecular flexibility index (Phi) is 6.36. The van der Waals surface area contributed by atoms with Crippen LogP contribution in [0.5, 0.6) is 11.5 Å². The molecule has 1 heterocycles. The summed E-state index contributed by atoms with van der Waals surface area (Å²) < 4.78 is 10.8. The van der Waals surface area contributed by atoms with Crippen molar-refractivity contribution in [2.24, 2.45) is 0 Å². The smallest absolute Gasteiger partial charge is 0.342 e. The maximum atomic E-state index is 12.4. The summed E-state index contributed by atoms with van der Waals surface area (Å²) in [4.78, 5) is 28.4. The lowest BCUT2D eigenvalue weighted by atomic mass is 10.1. The van der Waals surface area contributed by atoms with E-state index in [0.717, 1.165) is 6.42 Å². The van der Waals surface area contributed by atoms with Gasteiger partial charge in [-0.3, -0.25) is 9.78 Å². The number of carbonyl (C=O) groups excluding carboxylic acids is 2. The van der Waals surface area contributed by atoms with Gasteiger partial charge in [-0.15, -0.1) is 0 Å². The first-order valence-electron chi connectivity index (χ1n) is 8.88. The highest BCUT2D eigenvalue weighted by atomic mass is 16.5. The molecule has 0 radical (unpaired) electrons. The predicted molar refractivity (Wildman–Crippen MR) is 105 cm³/mol. The molecule has 3 aromatic rings. The van der Waals surface area contributed by atoms with Crippen molar-refractivity contribution in [2.45, 2.75) is 13.3 Å². The van der Waals surface area contributed by atoms with Crippen LogP contribution in [0.4, 0.5) is 5.69 Å². The number of ether oxygens (including phenoxy) is 2. The zero-order valence-corrected chi connectivity index (χ0v) is 15.4. The van der Waals surface area contributed by atoms with Crippen molar-refractivity contribution in [3.63, 3.8) is 0 Å². The molecule has 6 nitrogen and oxygen atoms in total. The summed E-state index contributed by atoms with van der Waals surface area (Å²) in [6.45, 7) is 1.67. The summed E-state index contributed by atoms with van der Waals surface area (Å²) in [7, 11) is 0. The number of benzene rings is 2. The highest BCUT2D eigenvalue weighted by Gasteiger charge is 2.16. The monoisotopic (exact) mass is 376 g/mol. The van der Waals surface area contributed by atoms with Gasteiger partial charge in [-0.25, -0.2) is 4.79 Å². The molecule has 0 atom stereocenters. The summed E-state index contributed by atoms with van der Waals surface area (Å²) in [5.41, 5.74) is 2.06. The Morgan fingerprint density at radius 2 is 1.79 bits per heavy atom. The summed E-state index contributed by atoms with van der Waals surface area (Å²) in [5.74, 6) is -0.230. The number of hydrogen-bond donors (Lipinski definition) is 1. The molecule has 3 rings (SSSR count). The number of hydrogen-bond acceptors (Lipinski definition) is 5. The molecule has 0 saturated carbocycles. The first-order valence-corrected chi connectivity index (χ1v) is 8.88. The van der Waals surface area contributed by atoms with E-state index in [-0.39, 0.29) is 5.56 Å². The second-order valence-electron chi connectivity index (χ2n) is 5.96. The Balaban J connectivity index is 1.59. The van der Waals surface area contributed by atoms with Gasteiger partial charge in [-0.05, 0) is 48.4 Å². The number of rotatable bonds is 7. The number of amides is 1. The number of para-hydroxylation sites is 1. The van der Waals surface area contributed by atoms with E-state index in [0.29, 0.717) is 17.2 Å². The van der Waals surface area contributed by atoms with Crippen molar-refractivity contribution in [3.05, 3.63) is 84.2 Å². The topological polar surface area (TPSA) is 77.5 Å². The zero-order valence-electron chi connectivity index (χ0n) is 15.4. The number of carbonyl (C=O) groups is 2. The van der Waals surface area contributed by atoms with Gasteiger partial charge in [0.25, 0.3) is 5.91 Å². The molecule has 0 bridgehead atoms. The third-order valence-electron chi connectivity index (χ3n) is 3.95. The van der Waals surface area contributed by atoms with E-state index in [2.05, 4.69) is 17.2 Å². The molecule has 1 N–H and O–H groups in total. The molecule has 0 aliphatic rings. The Hall–Kier alpha value is -3.67. The van der Waals surface area contributed by atoms with Gasteiger partial charge in [0.1, 0.15) is 17.1 Å². The molecular formula is C22H20N2O4. The maximum absolute atomic E-state index is 12.4. The second-order valence-corrected chi connectivity index (χ2v) is 5.96. The van der Waals surface area contributed by atoms with Crippen molar-refractivity contribution in [1.82, 2.24) is 4.98 Å². The van der Waals surface area contributed by atoms with Crippen LogP contribution in [0, 0.1) is 0 Å². The van der Waals surface area contributed by atoms with Gasteiger partial charge < -0.3 is 14.8 Å². The average Bonchev–Trinajstić information content (AvgIpc) is 2.74. The first kappa shape index (κ1) is 19.1. The third-order valence-corrected chi connectivity index (χ3v) is 3.95. The Morgan fingerprint density at radius 3 is 2.50 bits per heavy atom. The predicted octanol–water partition coefficient (Wildman–Crippen LogP) is 4.23. The second kappa shape index (κ2) is 9.32. The van der Waals surface area contributed by atoms with E-state index in [9.17, 15) is 9.59 Å².